The fourth-order valence-corrected chi connectivity index (χ4v) is 2.83. The number of nitrogens with one attached hydrogen (secondary N) is 1. The first kappa shape index (κ1) is 18.9. The second kappa shape index (κ2) is 8.58. The van der Waals surface area contributed by atoms with Crippen LogP contribution in [0.1, 0.15) is 25.3 Å². The molecule has 1 aliphatic heterocycles. The van der Waals surface area contributed by atoms with Crippen molar-refractivity contribution in [3.63, 3.8) is 0 Å². The van der Waals surface area contributed by atoms with Gasteiger partial charge in [-0.1, -0.05) is 6.07 Å². The topological polar surface area (TPSA) is 33.7 Å². The maximum Gasteiger partial charge on any atom is 0.422 e. The van der Waals surface area contributed by atoms with Crippen molar-refractivity contribution in [3.05, 3.63) is 23.8 Å². The van der Waals surface area contributed by atoms with E-state index in [1.165, 1.54) is 18.9 Å². The highest BCUT2D eigenvalue weighted by molar-refractivity contribution is 5.43. The molecule has 1 saturated heterocycles. The molecule has 1 aromatic carbocycles. The average molecular weight is 346 g/mol. The first-order valence-corrected chi connectivity index (χ1v) is 8.25. The number of benzene rings is 1. The summed E-state index contributed by atoms with van der Waals surface area (Å²) in [6.45, 7) is 3.50. The largest absolute Gasteiger partial charge is 0.490 e. The lowest BCUT2D eigenvalue weighted by Crippen LogP contribution is -2.35. The molecule has 1 unspecified atom stereocenters. The van der Waals surface area contributed by atoms with Gasteiger partial charge in [-0.05, 0) is 51.1 Å². The fourth-order valence-electron chi connectivity index (χ4n) is 2.83. The average Bonchev–Trinajstić information content (AvgIpc) is 2.91. The van der Waals surface area contributed by atoms with E-state index in [0.29, 0.717) is 24.9 Å². The highest BCUT2D eigenvalue weighted by atomic mass is 19.4. The summed E-state index contributed by atoms with van der Waals surface area (Å²) in [7, 11) is 2.12. The third-order valence-electron chi connectivity index (χ3n) is 4.08. The van der Waals surface area contributed by atoms with Crippen molar-refractivity contribution in [1.29, 1.82) is 0 Å². The summed E-state index contributed by atoms with van der Waals surface area (Å²) in [5.74, 6) is 0.465. The number of hydrogen-bond acceptors (Lipinski definition) is 4. The van der Waals surface area contributed by atoms with Crippen molar-refractivity contribution in [1.82, 2.24) is 10.2 Å². The van der Waals surface area contributed by atoms with Crippen molar-refractivity contribution in [3.8, 4) is 11.5 Å². The molecule has 24 heavy (non-hydrogen) atoms. The third-order valence-corrected chi connectivity index (χ3v) is 4.08. The van der Waals surface area contributed by atoms with Crippen molar-refractivity contribution in [2.24, 2.45) is 0 Å². The predicted molar refractivity (Wildman–Crippen MR) is 86.5 cm³/mol. The summed E-state index contributed by atoms with van der Waals surface area (Å²) in [5, 5.41) is 3.40. The molecule has 4 nitrogen and oxygen atoms in total. The first-order valence-electron chi connectivity index (χ1n) is 8.25. The number of hydrogen-bond donors (Lipinski definition) is 1. The standard InChI is InChI=1S/C17H25F3N2O2/c1-3-23-16-9-13(6-7-15(16)24-12-17(18,19)20)10-21-11-14-5-4-8-22(14)2/h6-7,9,14,21H,3-5,8,10-12H2,1-2H3. The van der Waals surface area contributed by atoms with Crippen molar-refractivity contribution >= 4 is 0 Å². The van der Waals surface area contributed by atoms with Gasteiger partial charge in [0.05, 0.1) is 6.61 Å². The summed E-state index contributed by atoms with van der Waals surface area (Å²) in [6, 6.07) is 5.58. The summed E-state index contributed by atoms with van der Waals surface area (Å²) in [5.41, 5.74) is 0.957. The Balaban J connectivity index is 1.91. The van der Waals surface area contributed by atoms with Crippen LogP contribution in [-0.4, -0.2) is 50.5 Å². The second-order valence-electron chi connectivity index (χ2n) is 6.03. The molecular weight excluding hydrogens is 321 g/mol. The Morgan fingerprint density at radius 2 is 2.04 bits per heavy atom. The Morgan fingerprint density at radius 1 is 1.25 bits per heavy atom. The molecule has 1 heterocycles. The molecule has 0 saturated carbocycles. The SMILES string of the molecule is CCOc1cc(CNCC2CCCN2C)ccc1OCC(F)(F)F. The van der Waals surface area contributed by atoms with E-state index in [9.17, 15) is 13.2 Å². The van der Waals surface area contributed by atoms with Gasteiger partial charge < -0.3 is 19.7 Å². The molecule has 1 fully saturated rings. The second-order valence-corrected chi connectivity index (χ2v) is 6.03. The Morgan fingerprint density at radius 3 is 2.67 bits per heavy atom. The lowest BCUT2D eigenvalue weighted by molar-refractivity contribution is -0.153. The van der Waals surface area contributed by atoms with E-state index in [0.717, 1.165) is 18.7 Å². The zero-order chi connectivity index (χ0) is 17.6. The fraction of sp³-hybridized carbons (Fsp3) is 0.647. The van der Waals surface area contributed by atoms with Crippen LogP contribution in [0.4, 0.5) is 13.2 Å². The minimum absolute atomic E-state index is 0.119. The van der Waals surface area contributed by atoms with E-state index in [1.54, 1.807) is 19.1 Å². The molecule has 0 aliphatic carbocycles. The molecule has 1 aromatic rings. The van der Waals surface area contributed by atoms with Crippen LogP contribution in [0.15, 0.2) is 18.2 Å². The van der Waals surface area contributed by atoms with Gasteiger partial charge in [0.25, 0.3) is 0 Å². The molecule has 136 valence electrons. The molecule has 1 atom stereocenters. The molecule has 0 aromatic heterocycles. The molecule has 7 heteroatoms. The van der Waals surface area contributed by atoms with E-state index >= 15 is 0 Å². The van der Waals surface area contributed by atoms with E-state index in [1.807, 2.05) is 0 Å². The van der Waals surface area contributed by atoms with Gasteiger partial charge in [0.15, 0.2) is 18.1 Å². The zero-order valence-corrected chi connectivity index (χ0v) is 14.2. The summed E-state index contributed by atoms with van der Waals surface area (Å²) < 4.78 is 47.2. The van der Waals surface area contributed by atoms with E-state index in [-0.39, 0.29) is 5.75 Å². The van der Waals surface area contributed by atoms with Crippen molar-refractivity contribution in [2.75, 3.05) is 33.4 Å². The Labute approximate surface area is 140 Å². The van der Waals surface area contributed by atoms with Crippen LogP contribution in [0.5, 0.6) is 11.5 Å². The number of ether oxygens (including phenoxy) is 2. The summed E-state index contributed by atoms with van der Waals surface area (Å²) in [6.07, 6.45) is -1.95. The van der Waals surface area contributed by atoms with Gasteiger partial charge in [-0.15, -0.1) is 0 Å². The van der Waals surface area contributed by atoms with Crippen LogP contribution in [0, 0.1) is 0 Å². The quantitative estimate of drug-likeness (QED) is 0.784. The number of rotatable bonds is 8. The van der Waals surface area contributed by atoms with E-state index in [4.69, 9.17) is 9.47 Å². The van der Waals surface area contributed by atoms with Gasteiger partial charge in [-0.2, -0.15) is 13.2 Å². The van der Waals surface area contributed by atoms with Gasteiger partial charge in [0, 0.05) is 19.1 Å². The zero-order valence-electron chi connectivity index (χ0n) is 14.2. The number of likely N-dealkylation sites (tertiary alicyclic amines) is 1. The normalized spacial score (nSPS) is 18.8. The van der Waals surface area contributed by atoms with Gasteiger partial charge in [0.1, 0.15) is 0 Å². The molecular formula is C17H25F3N2O2. The number of alkyl halides is 3. The van der Waals surface area contributed by atoms with Crippen LogP contribution in [0.2, 0.25) is 0 Å². The van der Waals surface area contributed by atoms with Crippen LogP contribution < -0.4 is 14.8 Å². The third kappa shape index (κ3) is 5.87. The van der Waals surface area contributed by atoms with Gasteiger partial charge >= 0.3 is 6.18 Å². The van der Waals surface area contributed by atoms with E-state index < -0.39 is 12.8 Å². The minimum atomic E-state index is -4.36. The first-order chi connectivity index (χ1) is 11.4. The monoisotopic (exact) mass is 346 g/mol. The van der Waals surface area contributed by atoms with Crippen LogP contribution in [0.3, 0.4) is 0 Å². The van der Waals surface area contributed by atoms with Gasteiger partial charge in [-0.25, -0.2) is 0 Å². The maximum absolute atomic E-state index is 12.3. The minimum Gasteiger partial charge on any atom is -0.490 e. The number of nitrogens with zero attached hydrogens (tertiary/aromatic N) is 1. The van der Waals surface area contributed by atoms with Crippen molar-refractivity contribution < 1.29 is 22.6 Å². The van der Waals surface area contributed by atoms with Crippen LogP contribution >= 0.6 is 0 Å². The Hall–Kier alpha value is -1.47. The highest BCUT2D eigenvalue weighted by Crippen LogP contribution is 2.30. The van der Waals surface area contributed by atoms with Crippen LogP contribution in [0.25, 0.3) is 0 Å². The summed E-state index contributed by atoms with van der Waals surface area (Å²) in [4.78, 5) is 2.34. The predicted octanol–water partition coefficient (Wildman–Crippen LogP) is 3.21. The maximum atomic E-state index is 12.3. The van der Waals surface area contributed by atoms with Gasteiger partial charge in [0.2, 0.25) is 0 Å². The number of likely N-dealkylation sites (N-methyl/N-ethyl adjacent to an activating group) is 1. The highest BCUT2D eigenvalue weighted by Gasteiger charge is 2.29. The lowest BCUT2D eigenvalue weighted by atomic mass is 10.2. The van der Waals surface area contributed by atoms with E-state index in [2.05, 4.69) is 17.3 Å². The smallest absolute Gasteiger partial charge is 0.422 e. The van der Waals surface area contributed by atoms with Crippen molar-refractivity contribution in [2.45, 2.75) is 38.5 Å². The molecule has 0 amide bonds. The lowest BCUT2D eigenvalue weighted by Gasteiger charge is -2.20. The molecule has 0 spiro atoms. The number of halogens is 3. The Kier molecular flexibility index (Phi) is 6.74. The molecule has 1 N–H and O–H groups in total. The van der Waals surface area contributed by atoms with Crippen LogP contribution in [-0.2, 0) is 6.54 Å². The molecule has 0 radical (unpaired) electrons. The van der Waals surface area contributed by atoms with Gasteiger partial charge in [-0.3, -0.25) is 0 Å². The summed E-state index contributed by atoms with van der Waals surface area (Å²) >= 11 is 0. The molecule has 1 aliphatic rings. The Bertz CT molecular complexity index is 523. The molecule has 0 bridgehead atoms. The molecule has 2 rings (SSSR count).